The highest BCUT2D eigenvalue weighted by molar-refractivity contribution is 5.70. The maximum Gasteiger partial charge on any atom is 0.307 e. The van der Waals surface area contributed by atoms with Gasteiger partial charge >= 0.3 is 5.97 Å². The normalized spacial score (nSPS) is 17.1. The van der Waals surface area contributed by atoms with Crippen molar-refractivity contribution in [1.29, 1.82) is 0 Å². The van der Waals surface area contributed by atoms with Crippen molar-refractivity contribution in [3.8, 4) is 0 Å². The number of likely N-dealkylation sites (tertiary alicyclic amines) is 1. The van der Waals surface area contributed by atoms with E-state index in [4.69, 9.17) is 4.74 Å². The van der Waals surface area contributed by atoms with Gasteiger partial charge in [-0.2, -0.15) is 0 Å². The molecular formula is C17H25NO2. The van der Waals surface area contributed by atoms with Gasteiger partial charge in [-0.05, 0) is 57.8 Å². The Hall–Kier alpha value is -1.35. The van der Waals surface area contributed by atoms with Crippen LogP contribution in [0.3, 0.4) is 0 Å². The third kappa shape index (κ3) is 3.60. The number of carbonyl (C=O) groups excluding carboxylic acids is 1. The quantitative estimate of drug-likeness (QED) is 0.771. The number of ether oxygens (including phenoxy) is 1. The molecule has 1 heterocycles. The highest BCUT2D eigenvalue weighted by Crippen LogP contribution is 2.31. The van der Waals surface area contributed by atoms with Crippen molar-refractivity contribution in [2.24, 2.45) is 0 Å². The third-order valence-corrected chi connectivity index (χ3v) is 4.04. The van der Waals surface area contributed by atoms with Crippen LogP contribution in [0.2, 0.25) is 0 Å². The second kappa shape index (κ2) is 6.89. The topological polar surface area (TPSA) is 29.5 Å². The molecule has 0 N–H and O–H groups in total. The van der Waals surface area contributed by atoms with Crippen LogP contribution in [0.5, 0.6) is 0 Å². The van der Waals surface area contributed by atoms with Crippen LogP contribution >= 0.6 is 0 Å². The van der Waals surface area contributed by atoms with Crippen LogP contribution in [0.25, 0.3) is 0 Å². The summed E-state index contributed by atoms with van der Waals surface area (Å²) in [4.78, 5) is 14.4. The van der Waals surface area contributed by atoms with E-state index in [9.17, 15) is 4.79 Å². The summed E-state index contributed by atoms with van der Waals surface area (Å²) in [5.74, 6) is -0.0923. The molecule has 0 aromatic heterocycles. The van der Waals surface area contributed by atoms with Gasteiger partial charge in [0.05, 0.1) is 13.0 Å². The van der Waals surface area contributed by atoms with E-state index in [2.05, 4.69) is 36.9 Å². The number of aryl methyl sites for hydroxylation is 2. The molecule has 20 heavy (non-hydrogen) atoms. The maximum atomic E-state index is 11.9. The van der Waals surface area contributed by atoms with Gasteiger partial charge in [-0.1, -0.05) is 23.8 Å². The lowest BCUT2D eigenvalue weighted by atomic mass is 9.95. The molecule has 110 valence electrons. The molecule has 1 aromatic rings. The molecule has 1 fully saturated rings. The molecule has 1 unspecified atom stereocenters. The van der Waals surface area contributed by atoms with E-state index < -0.39 is 0 Å². The Morgan fingerprint density at radius 1 is 1.30 bits per heavy atom. The fraction of sp³-hybridized carbons (Fsp3) is 0.588. The van der Waals surface area contributed by atoms with Gasteiger partial charge in [0.2, 0.25) is 0 Å². The van der Waals surface area contributed by atoms with Crippen LogP contribution in [0.4, 0.5) is 0 Å². The summed E-state index contributed by atoms with van der Waals surface area (Å²) in [6.45, 7) is 8.71. The molecule has 2 rings (SSSR count). The molecule has 3 nitrogen and oxygen atoms in total. The number of esters is 1. The number of hydrogen-bond acceptors (Lipinski definition) is 3. The van der Waals surface area contributed by atoms with E-state index in [1.54, 1.807) is 0 Å². The lowest BCUT2D eigenvalue weighted by Crippen LogP contribution is -2.29. The van der Waals surface area contributed by atoms with Gasteiger partial charge in [0.15, 0.2) is 0 Å². The van der Waals surface area contributed by atoms with Crippen LogP contribution in [-0.2, 0) is 9.53 Å². The fourth-order valence-electron chi connectivity index (χ4n) is 2.99. The molecule has 1 aromatic carbocycles. The van der Waals surface area contributed by atoms with Crippen LogP contribution in [0.1, 0.15) is 48.9 Å². The van der Waals surface area contributed by atoms with Crippen molar-refractivity contribution in [2.75, 3.05) is 19.7 Å². The zero-order valence-corrected chi connectivity index (χ0v) is 12.8. The number of hydrogen-bond donors (Lipinski definition) is 0. The lowest BCUT2D eigenvalue weighted by Gasteiger charge is -2.28. The summed E-state index contributed by atoms with van der Waals surface area (Å²) in [7, 11) is 0. The first kappa shape index (κ1) is 15.0. The Labute approximate surface area is 121 Å². The fourth-order valence-corrected chi connectivity index (χ4v) is 2.99. The number of benzene rings is 1. The summed E-state index contributed by atoms with van der Waals surface area (Å²) < 4.78 is 5.16. The Morgan fingerprint density at radius 3 is 2.65 bits per heavy atom. The number of carbonyl (C=O) groups is 1. The molecule has 0 bridgehead atoms. The first-order valence-corrected chi connectivity index (χ1v) is 7.58. The van der Waals surface area contributed by atoms with E-state index >= 15 is 0 Å². The largest absolute Gasteiger partial charge is 0.466 e. The van der Waals surface area contributed by atoms with Crippen LogP contribution in [-0.4, -0.2) is 30.6 Å². The van der Waals surface area contributed by atoms with Crippen LogP contribution in [0.15, 0.2) is 18.2 Å². The zero-order valence-electron chi connectivity index (χ0n) is 12.8. The monoisotopic (exact) mass is 275 g/mol. The van der Waals surface area contributed by atoms with E-state index in [-0.39, 0.29) is 12.0 Å². The summed E-state index contributed by atoms with van der Waals surface area (Å²) in [5, 5.41) is 0. The SMILES string of the molecule is CCOC(=O)CC(c1cc(C)ccc1C)N1CCCC1. The highest BCUT2D eigenvalue weighted by atomic mass is 16.5. The average Bonchev–Trinajstić information content (AvgIpc) is 2.93. The number of rotatable bonds is 5. The van der Waals surface area contributed by atoms with Crippen molar-refractivity contribution >= 4 is 5.97 Å². The van der Waals surface area contributed by atoms with Crippen LogP contribution in [0, 0.1) is 13.8 Å². The summed E-state index contributed by atoms with van der Waals surface area (Å²) >= 11 is 0. The zero-order chi connectivity index (χ0) is 14.5. The second-order valence-electron chi connectivity index (χ2n) is 5.63. The molecular weight excluding hydrogens is 250 g/mol. The van der Waals surface area contributed by atoms with Crippen LogP contribution < -0.4 is 0 Å². The Morgan fingerprint density at radius 2 is 2.00 bits per heavy atom. The van der Waals surface area contributed by atoms with Gasteiger partial charge in [-0.15, -0.1) is 0 Å². The van der Waals surface area contributed by atoms with E-state index in [1.807, 2.05) is 6.92 Å². The van der Waals surface area contributed by atoms with Crippen molar-refractivity contribution in [3.05, 3.63) is 34.9 Å². The van der Waals surface area contributed by atoms with Gasteiger partial charge in [-0.3, -0.25) is 9.69 Å². The first-order chi connectivity index (χ1) is 9.61. The highest BCUT2D eigenvalue weighted by Gasteiger charge is 2.27. The summed E-state index contributed by atoms with van der Waals surface area (Å²) in [5.41, 5.74) is 3.79. The molecule has 0 amide bonds. The van der Waals surface area contributed by atoms with E-state index in [0.29, 0.717) is 13.0 Å². The molecule has 0 aliphatic carbocycles. The van der Waals surface area contributed by atoms with E-state index in [1.165, 1.54) is 29.5 Å². The van der Waals surface area contributed by atoms with Crippen molar-refractivity contribution in [3.63, 3.8) is 0 Å². The van der Waals surface area contributed by atoms with E-state index in [0.717, 1.165) is 13.1 Å². The Kier molecular flexibility index (Phi) is 5.18. The molecule has 1 saturated heterocycles. The average molecular weight is 275 g/mol. The molecule has 0 radical (unpaired) electrons. The molecule has 1 atom stereocenters. The Balaban J connectivity index is 2.25. The molecule has 3 heteroatoms. The number of nitrogens with zero attached hydrogens (tertiary/aromatic N) is 1. The van der Waals surface area contributed by atoms with Crippen molar-refractivity contribution < 1.29 is 9.53 Å². The smallest absolute Gasteiger partial charge is 0.307 e. The van der Waals surface area contributed by atoms with Crippen molar-refractivity contribution in [2.45, 2.75) is 46.1 Å². The van der Waals surface area contributed by atoms with Gasteiger partial charge < -0.3 is 4.74 Å². The predicted molar refractivity (Wildman–Crippen MR) is 80.7 cm³/mol. The standard InChI is InChI=1S/C17H25NO2/c1-4-20-17(19)12-16(18-9-5-6-10-18)15-11-13(2)7-8-14(15)3/h7-8,11,16H,4-6,9-10,12H2,1-3H3. The van der Waals surface area contributed by atoms with Gasteiger partial charge in [0.25, 0.3) is 0 Å². The third-order valence-electron chi connectivity index (χ3n) is 4.04. The van der Waals surface area contributed by atoms with Crippen molar-refractivity contribution in [1.82, 2.24) is 4.90 Å². The Bertz CT molecular complexity index is 464. The van der Waals surface area contributed by atoms with Gasteiger partial charge in [0.1, 0.15) is 0 Å². The lowest BCUT2D eigenvalue weighted by molar-refractivity contribution is -0.144. The minimum atomic E-state index is -0.0923. The maximum absolute atomic E-state index is 11.9. The molecule has 1 aliphatic heterocycles. The summed E-state index contributed by atoms with van der Waals surface area (Å²) in [6, 6.07) is 6.66. The predicted octanol–water partition coefficient (Wildman–Crippen LogP) is 3.39. The minimum absolute atomic E-state index is 0.0923. The molecule has 1 aliphatic rings. The summed E-state index contributed by atoms with van der Waals surface area (Å²) in [6.07, 6.45) is 2.91. The molecule has 0 saturated carbocycles. The first-order valence-electron chi connectivity index (χ1n) is 7.58. The molecule has 0 spiro atoms. The van der Waals surface area contributed by atoms with Gasteiger partial charge in [-0.25, -0.2) is 0 Å². The second-order valence-corrected chi connectivity index (χ2v) is 5.63. The minimum Gasteiger partial charge on any atom is -0.466 e. The van der Waals surface area contributed by atoms with Gasteiger partial charge in [0, 0.05) is 6.04 Å².